The highest BCUT2D eigenvalue weighted by Crippen LogP contribution is 2.31. The minimum absolute atomic E-state index is 0.0468. The monoisotopic (exact) mass is 338 g/mol. The summed E-state index contributed by atoms with van der Waals surface area (Å²) >= 11 is 0. The Morgan fingerprint density at radius 3 is 2.72 bits per heavy atom. The number of hydrogen-bond acceptors (Lipinski definition) is 4. The van der Waals surface area contributed by atoms with E-state index in [1.165, 1.54) is 5.56 Å². The van der Waals surface area contributed by atoms with Crippen molar-refractivity contribution in [1.29, 1.82) is 0 Å². The van der Waals surface area contributed by atoms with Gasteiger partial charge >= 0.3 is 0 Å². The molecule has 2 aromatic carbocycles. The second-order valence-corrected chi connectivity index (χ2v) is 6.44. The van der Waals surface area contributed by atoms with Crippen LogP contribution in [0, 0.1) is 0 Å². The normalized spacial score (nSPS) is 19.3. The van der Waals surface area contributed by atoms with Crippen LogP contribution in [0.25, 0.3) is 0 Å². The zero-order valence-corrected chi connectivity index (χ0v) is 14.7. The van der Waals surface area contributed by atoms with Crippen molar-refractivity contribution in [2.24, 2.45) is 0 Å². The fraction of sp³-hybridized carbons (Fsp3) is 0.381. The van der Waals surface area contributed by atoms with E-state index in [1.54, 1.807) is 7.11 Å². The summed E-state index contributed by atoms with van der Waals surface area (Å²) in [6, 6.07) is 18.5. The van der Waals surface area contributed by atoms with Gasteiger partial charge in [-0.2, -0.15) is 0 Å². The zero-order chi connectivity index (χ0) is 17.5. The van der Waals surface area contributed by atoms with Crippen LogP contribution in [0.4, 0.5) is 0 Å². The molecule has 0 spiro atoms. The van der Waals surface area contributed by atoms with Gasteiger partial charge in [0.1, 0.15) is 12.0 Å². The molecule has 0 bridgehead atoms. The Kier molecular flexibility index (Phi) is 6.20. The Labute approximate surface area is 149 Å². The highest BCUT2D eigenvalue weighted by atomic mass is 16.5. The van der Waals surface area contributed by atoms with E-state index >= 15 is 0 Å². The third-order valence-corrected chi connectivity index (χ3v) is 4.97. The number of para-hydroxylation sites is 1. The van der Waals surface area contributed by atoms with E-state index in [9.17, 15) is 4.79 Å². The van der Waals surface area contributed by atoms with Crippen molar-refractivity contribution in [3.8, 4) is 5.75 Å². The van der Waals surface area contributed by atoms with Crippen molar-refractivity contribution < 1.29 is 9.53 Å². The van der Waals surface area contributed by atoms with Crippen LogP contribution in [0.5, 0.6) is 5.75 Å². The van der Waals surface area contributed by atoms with E-state index in [0.717, 1.165) is 50.2 Å². The van der Waals surface area contributed by atoms with Gasteiger partial charge in [0.15, 0.2) is 0 Å². The quantitative estimate of drug-likeness (QED) is 0.788. The maximum atomic E-state index is 11.6. The lowest BCUT2D eigenvalue weighted by atomic mass is 9.95. The molecule has 0 radical (unpaired) electrons. The van der Waals surface area contributed by atoms with Crippen molar-refractivity contribution in [1.82, 2.24) is 10.2 Å². The molecule has 132 valence electrons. The van der Waals surface area contributed by atoms with Crippen LogP contribution >= 0.6 is 0 Å². The molecule has 0 aromatic heterocycles. The fourth-order valence-electron chi connectivity index (χ4n) is 3.58. The first-order valence-corrected chi connectivity index (χ1v) is 8.91. The Morgan fingerprint density at radius 1 is 1.20 bits per heavy atom. The van der Waals surface area contributed by atoms with Crippen LogP contribution in [-0.4, -0.2) is 44.5 Å². The van der Waals surface area contributed by atoms with Crippen molar-refractivity contribution in [3.05, 3.63) is 65.7 Å². The predicted octanol–water partition coefficient (Wildman–Crippen LogP) is 3.01. The molecule has 1 fully saturated rings. The summed E-state index contributed by atoms with van der Waals surface area (Å²) in [6.45, 7) is 3.74. The summed E-state index contributed by atoms with van der Waals surface area (Å²) in [5.74, 6) is 0.880. The number of hydrogen-bond donors (Lipinski definition) is 1. The van der Waals surface area contributed by atoms with Crippen molar-refractivity contribution in [2.75, 3.05) is 33.3 Å². The number of methoxy groups -OCH3 is 1. The molecule has 0 amide bonds. The Hall–Kier alpha value is -2.17. The van der Waals surface area contributed by atoms with Crippen molar-refractivity contribution in [3.63, 3.8) is 0 Å². The molecule has 1 heterocycles. The van der Waals surface area contributed by atoms with E-state index in [2.05, 4.69) is 22.3 Å². The minimum Gasteiger partial charge on any atom is -0.496 e. The number of carbonyl (C=O) groups is 1. The number of nitrogens with zero attached hydrogens (tertiary/aromatic N) is 1. The van der Waals surface area contributed by atoms with Crippen LogP contribution in [0.15, 0.2) is 54.6 Å². The van der Waals surface area contributed by atoms with E-state index in [0.29, 0.717) is 0 Å². The molecule has 1 aliphatic heterocycles. The van der Waals surface area contributed by atoms with Gasteiger partial charge in [0.25, 0.3) is 0 Å². The number of piperazine rings is 1. The Balaban J connectivity index is 1.72. The Bertz CT molecular complexity index is 675. The van der Waals surface area contributed by atoms with Crippen molar-refractivity contribution >= 4 is 6.29 Å². The van der Waals surface area contributed by atoms with Gasteiger partial charge in [0.2, 0.25) is 0 Å². The zero-order valence-electron chi connectivity index (χ0n) is 14.7. The number of benzene rings is 2. The second-order valence-electron chi connectivity index (χ2n) is 6.44. The third-order valence-electron chi connectivity index (χ3n) is 4.97. The molecule has 1 N–H and O–H groups in total. The van der Waals surface area contributed by atoms with Crippen LogP contribution < -0.4 is 10.1 Å². The summed E-state index contributed by atoms with van der Waals surface area (Å²) < 4.78 is 5.55. The standard InChI is InChI=1S/C21H26N2O2/c1-25-21-10-6-5-9-19(21)20-15-22-12-14-23(20)13-11-18(16-24)17-7-3-2-4-8-17/h2-10,16,18,20,22H,11-15H2,1H3. The number of ether oxygens (including phenoxy) is 1. The summed E-state index contributed by atoms with van der Waals surface area (Å²) in [4.78, 5) is 14.0. The molecule has 25 heavy (non-hydrogen) atoms. The van der Waals surface area contributed by atoms with E-state index in [4.69, 9.17) is 4.74 Å². The van der Waals surface area contributed by atoms with Gasteiger partial charge in [-0.1, -0.05) is 48.5 Å². The molecular weight excluding hydrogens is 312 g/mol. The predicted molar refractivity (Wildman–Crippen MR) is 100 cm³/mol. The lowest BCUT2D eigenvalue weighted by Gasteiger charge is -2.37. The molecular formula is C21H26N2O2. The average Bonchev–Trinajstić information content (AvgIpc) is 2.69. The minimum atomic E-state index is -0.0468. The maximum absolute atomic E-state index is 11.6. The molecule has 0 saturated carbocycles. The maximum Gasteiger partial charge on any atom is 0.127 e. The van der Waals surface area contributed by atoms with E-state index in [1.807, 2.05) is 42.5 Å². The summed E-state index contributed by atoms with van der Waals surface area (Å²) in [5, 5.41) is 3.48. The van der Waals surface area contributed by atoms with Crippen LogP contribution in [0.1, 0.15) is 29.5 Å². The highest BCUT2D eigenvalue weighted by molar-refractivity contribution is 5.62. The molecule has 1 aliphatic rings. The van der Waals surface area contributed by atoms with Gasteiger partial charge in [-0.15, -0.1) is 0 Å². The molecule has 1 saturated heterocycles. The summed E-state index contributed by atoms with van der Waals surface area (Å²) in [5.41, 5.74) is 2.31. The first-order chi connectivity index (χ1) is 12.3. The van der Waals surface area contributed by atoms with E-state index < -0.39 is 0 Å². The molecule has 2 aromatic rings. The van der Waals surface area contributed by atoms with Crippen molar-refractivity contribution in [2.45, 2.75) is 18.4 Å². The van der Waals surface area contributed by atoms with Crippen LogP contribution in [-0.2, 0) is 4.79 Å². The Morgan fingerprint density at radius 2 is 1.96 bits per heavy atom. The number of rotatable bonds is 7. The van der Waals surface area contributed by atoms with E-state index in [-0.39, 0.29) is 12.0 Å². The number of aldehydes is 1. The van der Waals surface area contributed by atoms with Gasteiger partial charge in [-0.3, -0.25) is 4.90 Å². The molecule has 2 unspecified atom stereocenters. The molecule has 0 aliphatic carbocycles. The SMILES string of the molecule is COc1ccccc1C1CNCCN1CCC(C=O)c1ccccc1. The van der Waals surface area contributed by atoms with Gasteiger partial charge in [-0.05, 0) is 24.6 Å². The second kappa shape index (κ2) is 8.79. The molecule has 4 heteroatoms. The largest absolute Gasteiger partial charge is 0.496 e. The lowest BCUT2D eigenvalue weighted by molar-refractivity contribution is -0.109. The van der Waals surface area contributed by atoms with Crippen LogP contribution in [0.2, 0.25) is 0 Å². The van der Waals surface area contributed by atoms with Gasteiger partial charge in [0, 0.05) is 31.1 Å². The number of nitrogens with one attached hydrogen (secondary N) is 1. The van der Waals surface area contributed by atoms with Gasteiger partial charge in [-0.25, -0.2) is 0 Å². The number of carbonyl (C=O) groups excluding carboxylic acids is 1. The molecule has 3 rings (SSSR count). The summed E-state index contributed by atoms with van der Waals surface area (Å²) in [7, 11) is 1.72. The molecule has 4 nitrogen and oxygen atoms in total. The fourth-order valence-corrected chi connectivity index (χ4v) is 3.58. The average molecular weight is 338 g/mol. The first kappa shape index (κ1) is 17.6. The molecule has 2 atom stereocenters. The van der Waals surface area contributed by atoms with Gasteiger partial charge < -0.3 is 14.8 Å². The lowest BCUT2D eigenvalue weighted by Crippen LogP contribution is -2.46. The van der Waals surface area contributed by atoms with Crippen LogP contribution in [0.3, 0.4) is 0 Å². The first-order valence-electron chi connectivity index (χ1n) is 8.91. The van der Waals surface area contributed by atoms with Gasteiger partial charge in [0.05, 0.1) is 13.2 Å². The third kappa shape index (κ3) is 4.27. The smallest absolute Gasteiger partial charge is 0.127 e. The highest BCUT2D eigenvalue weighted by Gasteiger charge is 2.26. The topological polar surface area (TPSA) is 41.6 Å². The summed E-state index contributed by atoms with van der Waals surface area (Å²) in [6.07, 6.45) is 1.91.